The molecule has 4 heteroatoms. The molecule has 0 radical (unpaired) electrons. The topological polar surface area (TPSA) is 47.0 Å². The molecule has 1 N–H and O–H groups in total. The second-order valence-electron chi connectivity index (χ2n) is 5.10. The van der Waals surface area contributed by atoms with Gasteiger partial charge in [-0.1, -0.05) is 13.8 Å². The molecule has 1 unspecified atom stereocenters. The van der Waals surface area contributed by atoms with Gasteiger partial charge in [0.25, 0.3) is 0 Å². The van der Waals surface area contributed by atoms with Crippen LogP contribution in [0.4, 0.5) is 5.82 Å². The SMILES string of the molecule is CCOc1ncnc(NC(C)CCC(C)C)c1C. The number of hydrogen-bond acceptors (Lipinski definition) is 4. The fourth-order valence-corrected chi connectivity index (χ4v) is 1.75. The number of ether oxygens (including phenoxy) is 1. The van der Waals surface area contributed by atoms with Gasteiger partial charge in [-0.15, -0.1) is 0 Å². The minimum Gasteiger partial charge on any atom is -0.478 e. The minimum absolute atomic E-state index is 0.412. The highest BCUT2D eigenvalue weighted by atomic mass is 16.5. The molecule has 0 fully saturated rings. The highest BCUT2D eigenvalue weighted by Gasteiger charge is 2.10. The number of rotatable bonds is 7. The van der Waals surface area contributed by atoms with Crippen LogP contribution in [0.25, 0.3) is 0 Å². The Bertz CT molecular complexity index is 366. The van der Waals surface area contributed by atoms with Gasteiger partial charge in [0.15, 0.2) is 0 Å². The molecule has 0 spiro atoms. The van der Waals surface area contributed by atoms with Crippen LogP contribution < -0.4 is 10.1 Å². The van der Waals surface area contributed by atoms with Gasteiger partial charge in [-0.25, -0.2) is 9.97 Å². The zero-order chi connectivity index (χ0) is 13.5. The van der Waals surface area contributed by atoms with Gasteiger partial charge >= 0.3 is 0 Å². The van der Waals surface area contributed by atoms with Crippen LogP contribution >= 0.6 is 0 Å². The van der Waals surface area contributed by atoms with E-state index in [4.69, 9.17) is 4.74 Å². The summed E-state index contributed by atoms with van der Waals surface area (Å²) < 4.78 is 5.47. The summed E-state index contributed by atoms with van der Waals surface area (Å²) in [5.74, 6) is 2.29. The summed E-state index contributed by atoms with van der Waals surface area (Å²) >= 11 is 0. The molecule has 0 saturated heterocycles. The van der Waals surface area contributed by atoms with Crippen LogP contribution in [-0.2, 0) is 0 Å². The van der Waals surface area contributed by atoms with Crippen molar-refractivity contribution in [1.29, 1.82) is 0 Å². The first-order valence-corrected chi connectivity index (χ1v) is 6.75. The second kappa shape index (κ2) is 7.19. The van der Waals surface area contributed by atoms with E-state index in [0.717, 1.165) is 23.7 Å². The zero-order valence-electron chi connectivity index (χ0n) is 12.2. The van der Waals surface area contributed by atoms with Gasteiger partial charge in [0.05, 0.1) is 12.2 Å². The summed E-state index contributed by atoms with van der Waals surface area (Å²) in [6.07, 6.45) is 3.91. The summed E-state index contributed by atoms with van der Waals surface area (Å²) in [5, 5.41) is 3.43. The standard InChI is InChI=1S/C14H25N3O/c1-6-18-14-12(5)13(15-9-16-14)17-11(4)8-7-10(2)3/h9-11H,6-8H2,1-5H3,(H,15,16,17). The molecular weight excluding hydrogens is 226 g/mol. The fourth-order valence-electron chi connectivity index (χ4n) is 1.75. The van der Waals surface area contributed by atoms with Crippen LogP contribution in [0.3, 0.4) is 0 Å². The van der Waals surface area contributed by atoms with E-state index >= 15 is 0 Å². The number of nitrogens with one attached hydrogen (secondary N) is 1. The molecule has 1 atom stereocenters. The van der Waals surface area contributed by atoms with Crippen molar-refractivity contribution in [3.8, 4) is 5.88 Å². The lowest BCUT2D eigenvalue weighted by molar-refractivity contribution is 0.323. The Hall–Kier alpha value is -1.32. The zero-order valence-corrected chi connectivity index (χ0v) is 12.2. The molecule has 0 saturated carbocycles. The Labute approximate surface area is 110 Å². The van der Waals surface area contributed by atoms with Crippen molar-refractivity contribution in [1.82, 2.24) is 9.97 Å². The minimum atomic E-state index is 0.412. The van der Waals surface area contributed by atoms with E-state index in [1.807, 2.05) is 13.8 Å². The molecule has 1 rings (SSSR count). The number of anilines is 1. The smallest absolute Gasteiger partial charge is 0.221 e. The maximum Gasteiger partial charge on any atom is 0.221 e. The maximum atomic E-state index is 5.47. The molecule has 1 aromatic heterocycles. The molecule has 4 nitrogen and oxygen atoms in total. The van der Waals surface area contributed by atoms with Crippen LogP contribution in [-0.4, -0.2) is 22.6 Å². The second-order valence-corrected chi connectivity index (χ2v) is 5.10. The molecule has 1 aromatic rings. The summed E-state index contributed by atoms with van der Waals surface area (Å²) in [5.41, 5.74) is 0.982. The van der Waals surface area contributed by atoms with Crippen molar-refractivity contribution in [3.05, 3.63) is 11.9 Å². The lowest BCUT2D eigenvalue weighted by Gasteiger charge is -2.17. The van der Waals surface area contributed by atoms with E-state index in [-0.39, 0.29) is 0 Å². The monoisotopic (exact) mass is 251 g/mol. The van der Waals surface area contributed by atoms with Gasteiger partial charge in [-0.05, 0) is 39.5 Å². The average Bonchev–Trinajstić information content (AvgIpc) is 2.32. The molecule has 0 amide bonds. The van der Waals surface area contributed by atoms with Crippen molar-refractivity contribution in [2.75, 3.05) is 11.9 Å². The quantitative estimate of drug-likeness (QED) is 0.806. The Morgan fingerprint density at radius 2 is 1.94 bits per heavy atom. The average molecular weight is 251 g/mol. The maximum absolute atomic E-state index is 5.47. The summed E-state index contributed by atoms with van der Waals surface area (Å²) in [6, 6.07) is 0.412. The third-order valence-electron chi connectivity index (χ3n) is 2.88. The number of nitrogens with zero attached hydrogens (tertiary/aromatic N) is 2. The van der Waals surface area contributed by atoms with E-state index < -0.39 is 0 Å². The van der Waals surface area contributed by atoms with Crippen molar-refractivity contribution in [3.63, 3.8) is 0 Å². The Morgan fingerprint density at radius 1 is 1.22 bits per heavy atom. The van der Waals surface area contributed by atoms with E-state index in [9.17, 15) is 0 Å². The van der Waals surface area contributed by atoms with Crippen molar-refractivity contribution in [2.45, 2.75) is 53.5 Å². The predicted octanol–water partition coefficient (Wildman–Crippen LogP) is 3.42. The van der Waals surface area contributed by atoms with Crippen LogP contribution in [0.15, 0.2) is 6.33 Å². The van der Waals surface area contributed by atoms with E-state index in [0.29, 0.717) is 18.5 Å². The lowest BCUT2D eigenvalue weighted by Crippen LogP contribution is -2.18. The van der Waals surface area contributed by atoms with Crippen molar-refractivity contribution in [2.24, 2.45) is 5.92 Å². The Kier molecular flexibility index (Phi) is 5.89. The fraction of sp³-hybridized carbons (Fsp3) is 0.714. The first kappa shape index (κ1) is 14.7. The normalized spacial score (nSPS) is 12.6. The van der Waals surface area contributed by atoms with Gasteiger partial charge in [0.2, 0.25) is 5.88 Å². The van der Waals surface area contributed by atoms with Crippen LogP contribution in [0.5, 0.6) is 5.88 Å². The molecule has 0 aliphatic rings. The van der Waals surface area contributed by atoms with Crippen molar-refractivity contribution >= 4 is 5.82 Å². The number of hydrogen-bond donors (Lipinski definition) is 1. The van der Waals surface area contributed by atoms with Crippen LogP contribution in [0.2, 0.25) is 0 Å². The predicted molar refractivity (Wildman–Crippen MR) is 75.1 cm³/mol. The molecular formula is C14H25N3O. The third-order valence-corrected chi connectivity index (χ3v) is 2.88. The first-order valence-electron chi connectivity index (χ1n) is 6.75. The molecule has 102 valence electrons. The van der Waals surface area contributed by atoms with E-state index in [2.05, 4.69) is 36.1 Å². The van der Waals surface area contributed by atoms with Gasteiger partial charge in [0, 0.05) is 6.04 Å². The van der Waals surface area contributed by atoms with Gasteiger partial charge in [-0.3, -0.25) is 0 Å². The molecule has 0 bridgehead atoms. The van der Waals surface area contributed by atoms with Crippen LogP contribution in [0, 0.1) is 12.8 Å². The molecule has 0 aliphatic heterocycles. The van der Waals surface area contributed by atoms with Gasteiger partial charge < -0.3 is 10.1 Å². The Balaban J connectivity index is 2.63. The number of aromatic nitrogens is 2. The van der Waals surface area contributed by atoms with E-state index in [1.165, 1.54) is 6.42 Å². The molecule has 1 heterocycles. The summed E-state index contributed by atoms with van der Waals surface area (Å²) in [4.78, 5) is 8.42. The van der Waals surface area contributed by atoms with Gasteiger partial charge in [0.1, 0.15) is 12.1 Å². The molecule has 0 aromatic carbocycles. The summed E-state index contributed by atoms with van der Waals surface area (Å²) in [6.45, 7) is 11.2. The van der Waals surface area contributed by atoms with Crippen molar-refractivity contribution < 1.29 is 4.74 Å². The third kappa shape index (κ3) is 4.51. The van der Waals surface area contributed by atoms with Crippen LogP contribution in [0.1, 0.15) is 46.1 Å². The first-order chi connectivity index (χ1) is 8.54. The lowest BCUT2D eigenvalue weighted by atomic mass is 10.0. The van der Waals surface area contributed by atoms with E-state index in [1.54, 1.807) is 6.33 Å². The van der Waals surface area contributed by atoms with Gasteiger partial charge in [-0.2, -0.15) is 0 Å². The molecule has 0 aliphatic carbocycles. The Morgan fingerprint density at radius 3 is 2.56 bits per heavy atom. The largest absolute Gasteiger partial charge is 0.478 e. The highest BCUT2D eigenvalue weighted by molar-refractivity contribution is 5.48. The molecule has 18 heavy (non-hydrogen) atoms. The highest BCUT2D eigenvalue weighted by Crippen LogP contribution is 2.21. The summed E-state index contributed by atoms with van der Waals surface area (Å²) in [7, 11) is 0.